The van der Waals surface area contributed by atoms with Crippen LogP contribution in [0.3, 0.4) is 0 Å². The predicted molar refractivity (Wildman–Crippen MR) is 161 cm³/mol. The summed E-state index contributed by atoms with van der Waals surface area (Å²) < 4.78 is 29.1. The average molecular weight is 564 g/mol. The Hall–Kier alpha value is -3.65. The van der Waals surface area contributed by atoms with Gasteiger partial charge in [0.2, 0.25) is 11.8 Å². The molecule has 0 saturated carbocycles. The minimum atomic E-state index is -4.08. The van der Waals surface area contributed by atoms with Gasteiger partial charge in [0.15, 0.2) is 0 Å². The molecule has 3 rings (SSSR count). The van der Waals surface area contributed by atoms with E-state index in [1.165, 1.54) is 21.3 Å². The van der Waals surface area contributed by atoms with Gasteiger partial charge in [0, 0.05) is 13.1 Å². The van der Waals surface area contributed by atoms with E-state index in [9.17, 15) is 18.0 Å². The largest absolute Gasteiger partial charge is 0.354 e. The monoisotopic (exact) mass is 563 g/mol. The van der Waals surface area contributed by atoms with E-state index in [-0.39, 0.29) is 17.3 Å². The Morgan fingerprint density at radius 2 is 1.57 bits per heavy atom. The highest BCUT2D eigenvalue weighted by molar-refractivity contribution is 7.92. The summed E-state index contributed by atoms with van der Waals surface area (Å²) in [7, 11) is -4.08. The number of rotatable bonds is 13. The van der Waals surface area contributed by atoms with E-state index in [0.29, 0.717) is 18.7 Å². The number of anilines is 1. The second kappa shape index (κ2) is 14.1. The van der Waals surface area contributed by atoms with Crippen molar-refractivity contribution in [3.8, 4) is 0 Å². The van der Waals surface area contributed by atoms with Gasteiger partial charge in [0.05, 0.1) is 10.6 Å². The smallest absolute Gasteiger partial charge is 0.264 e. The number of hydrogen-bond acceptors (Lipinski definition) is 4. The van der Waals surface area contributed by atoms with E-state index >= 15 is 0 Å². The van der Waals surface area contributed by atoms with Crippen LogP contribution in [0.4, 0.5) is 5.69 Å². The first-order valence-electron chi connectivity index (χ1n) is 13.9. The molecular formula is C32H41N3O4S. The van der Waals surface area contributed by atoms with Crippen molar-refractivity contribution in [2.45, 2.75) is 71.4 Å². The number of benzene rings is 3. The minimum Gasteiger partial charge on any atom is -0.354 e. The quantitative estimate of drug-likeness (QED) is 0.277. The van der Waals surface area contributed by atoms with Gasteiger partial charge >= 0.3 is 0 Å². The Labute approximate surface area is 239 Å². The van der Waals surface area contributed by atoms with Crippen LogP contribution in [0.2, 0.25) is 0 Å². The fourth-order valence-corrected chi connectivity index (χ4v) is 6.25. The van der Waals surface area contributed by atoms with Gasteiger partial charge in [-0.3, -0.25) is 13.9 Å². The highest BCUT2D eigenvalue weighted by Gasteiger charge is 2.34. The summed E-state index contributed by atoms with van der Waals surface area (Å²) >= 11 is 0. The third kappa shape index (κ3) is 7.72. The van der Waals surface area contributed by atoms with Crippen LogP contribution < -0.4 is 9.62 Å². The lowest BCUT2D eigenvalue weighted by Gasteiger charge is -2.33. The number of aryl methyl sites for hydroxylation is 3. The maximum absolute atomic E-state index is 14.1. The van der Waals surface area contributed by atoms with E-state index in [0.717, 1.165) is 35.1 Å². The number of carbonyl (C=O) groups is 2. The summed E-state index contributed by atoms with van der Waals surface area (Å²) in [6.45, 7) is 9.92. The van der Waals surface area contributed by atoms with Crippen molar-refractivity contribution in [1.82, 2.24) is 10.2 Å². The third-order valence-corrected chi connectivity index (χ3v) is 8.66. The van der Waals surface area contributed by atoms with E-state index in [4.69, 9.17) is 0 Å². The molecule has 8 heteroatoms. The van der Waals surface area contributed by atoms with Gasteiger partial charge in [-0.1, -0.05) is 86.0 Å². The van der Waals surface area contributed by atoms with Crippen molar-refractivity contribution in [3.63, 3.8) is 0 Å². The molecule has 0 spiro atoms. The molecule has 0 fully saturated rings. The zero-order valence-corrected chi connectivity index (χ0v) is 25.0. The Balaban J connectivity index is 2.06. The van der Waals surface area contributed by atoms with Gasteiger partial charge in [-0.2, -0.15) is 0 Å². The molecule has 0 aliphatic heterocycles. The first-order valence-corrected chi connectivity index (χ1v) is 15.3. The molecule has 3 aromatic carbocycles. The lowest BCUT2D eigenvalue weighted by molar-refractivity contribution is -0.140. The maximum Gasteiger partial charge on any atom is 0.264 e. The molecule has 40 heavy (non-hydrogen) atoms. The minimum absolute atomic E-state index is 0.0948. The number of nitrogens with one attached hydrogen (secondary N) is 1. The summed E-state index contributed by atoms with van der Waals surface area (Å²) in [4.78, 5) is 29.0. The van der Waals surface area contributed by atoms with E-state index in [1.54, 1.807) is 24.3 Å². The molecule has 1 N–H and O–H groups in total. The van der Waals surface area contributed by atoms with E-state index in [2.05, 4.69) is 5.32 Å². The highest BCUT2D eigenvalue weighted by Crippen LogP contribution is 2.28. The van der Waals surface area contributed by atoms with Crippen molar-refractivity contribution in [2.75, 3.05) is 17.4 Å². The van der Waals surface area contributed by atoms with Gasteiger partial charge in [-0.25, -0.2) is 8.42 Å². The van der Waals surface area contributed by atoms with E-state index in [1.807, 2.05) is 71.0 Å². The lowest BCUT2D eigenvalue weighted by Crippen LogP contribution is -2.52. The SMILES string of the molecule is CCCCNC(=O)[C@H](CC)N(Cc1cccc(C)c1)C(=O)CN(c1ccc(C)cc1C)S(=O)(=O)c1ccccc1. The molecule has 0 saturated heterocycles. The van der Waals surface area contributed by atoms with Crippen LogP contribution in [0.1, 0.15) is 55.4 Å². The Kier molecular flexibility index (Phi) is 10.9. The molecule has 0 aromatic heterocycles. The second-order valence-electron chi connectivity index (χ2n) is 10.2. The van der Waals surface area contributed by atoms with Crippen LogP contribution in [0.25, 0.3) is 0 Å². The fraction of sp³-hybridized carbons (Fsp3) is 0.375. The number of unbranched alkanes of at least 4 members (excludes halogenated alkanes) is 1. The summed E-state index contributed by atoms with van der Waals surface area (Å²) in [6, 6.07) is 20.6. The van der Waals surface area contributed by atoms with Crippen LogP contribution in [0, 0.1) is 20.8 Å². The Morgan fingerprint density at radius 1 is 0.875 bits per heavy atom. The second-order valence-corrected chi connectivity index (χ2v) is 12.1. The van der Waals surface area contributed by atoms with E-state index < -0.39 is 28.5 Å². The van der Waals surface area contributed by atoms with Gasteiger partial charge in [-0.05, 0) is 62.9 Å². The molecule has 2 amide bonds. The van der Waals surface area contributed by atoms with Crippen molar-refractivity contribution >= 4 is 27.5 Å². The summed E-state index contributed by atoms with van der Waals surface area (Å²) in [6.07, 6.45) is 2.17. The van der Waals surface area contributed by atoms with Gasteiger partial charge in [-0.15, -0.1) is 0 Å². The van der Waals surface area contributed by atoms with Gasteiger partial charge in [0.25, 0.3) is 10.0 Å². The normalized spacial score (nSPS) is 12.0. The van der Waals surface area contributed by atoms with Crippen LogP contribution >= 0.6 is 0 Å². The first-order chi connectivity index (χ1) is 19.1. The number of hydrogen-bond donors (Lipinski definition) is 1. The number of amides is 2. The molecule has 0 unspecified atom stereocenters. The third-order valence-electron chi connectivity index (χ3n) is 6.88. The predicted octanol–water partition coefficient (Wildman–Crippen LogP) is 5.53. The summed E-state index contributed by atoms with van der Waals surface area (Å²) in [5, 5.41) is 2.96. The van der Waals surface area contributed by atoms with Crippen LogP contribution in [0.15, 0.2) is 77.7 Å². The van der Waals surface area contributed by atoms with Crippen molar-refractivity contribution < 1.29 is 18.0 Å². The number of carbonyl (C=O) groups excluding carboxylic acids is 2. The molecule has 0 aliphatic carbocycles. The number of sulfonamides is 1. The zero-order chi connectivity index (χ0) is 29.3. The topological polar surface area (TPSA) is 86.8 Å². The molecular weight excluding hydrogens is 522 g/mol. The fourth-order valence-electron chi connectivity index (χ4n) is 4.75. The lowest BCUT2D eigenvalue weighted by atomic mass is 10.1. The molecule has 0 aliphatic rings. The van der Waals surface area contributed by atoms with Gasteiger partial charge in [0.1, 0.15) is 12.6 Å². The molecule has 3 aromatic rings. The molecule has 1 atom stereocenters. The first kappa shape index (κ1) is 30.9. The molecule has 7 nitrogen and oxygen atoms in total. The highest BCUT2D eigenvalue weighted by atomic mass is 32.2. The van der Waals surface area contributed by atoms with Crippen molar-refractivity contribution in [3.05, 3.63) is 95.1 Å². The molecule has 0 radical (unpaired) electrons. The molecule has 0 heterocycles. The van der Waals surface area contributed by atoms with Crippen molar-refractivity contribution in [1.29, 1.82) is 0 Å². The van der Waals surface area contributed by atoms with Crippen LogP contribution in [0.5, 0.6) is 0 Å². The standard InChI is InChI=1S/C32H41N3O4S/c1-6-8-19-33-32(37)29(7-2)34(22-27-14-12-13-24(3)21-27)31(36)23-35(30-18-17-25(4)20-26(30)5)40(38,39)28-15-10-9-11-16-28/h9-18,20-21,29H,6-8,19,22-23H2,1-5H3,(H,33,37)/t29-/m0/s1. The molecule has 0 bridgehead atoms. The maximum atomic E-state index is 14.1. The van der Waals surface area contributed by atoms with Gasteiger partial charge < -0.3 is 10.2 Å². The Bertz CT molecular complexity index is 1410. The molecule has 214 valence electrons. The van der Waals surface area contributed by atoms with Crippen molar-refractivity contribution in [2.24, 2.45) is 0 Å². The zero-order valence-electron chi connectivity index (χ0n) is 24.2. The summed E-state index contributed by atoms with van der Waals surface area (Å²) in [5.74, 6) is -0.681. The summed E-state index contributed by atoms with van der Waals surface area (Å²) in [5.41, 5.74) is 4.06. The number of nitrogens with zero attached hydrogens (tertiary/aromatic N) is 2. The van der Waals surface area contributed by atoms with Crippen LogP contribution in [-0.2, 0) is 26.2 Å². The Morgan fingerprint density at radius 3 is 2.20 bits per heavy atom. The van der Waals surface area contributed by atoms with Crippen LogP contribution in [-0.4, -0.2) is 44.3 Å². The average Bonchev–Trinajstić information content (AvgIpc) is 2.92.